The van der Waals surface area contributed by atoms with Crippen LogP contribution >= 0.6 is 0 Å². The Bertz CT molecular complexity index is 805. The van der Waals surface area contributed by atoms with Gasteiger partial charge in [0.05, 0.1) is 0 Å². The van der Waals surface area contributed by atoms with Crippen LogP contribution in [-0.4, -0.2) is 43.0 Å². The molecule has 4 nitrogen and oxygen atoms in total. The predicted octanol–water partition coefficient (Wildman–Crippen LogP) is 3.96. The Kier molecular flexibility index (Phi) is 5.17. The number of hydrogen-bond donors (Lipinski definition) is 1. The number of fused-ring (bicyclic) bond motifs is 1. The fourth-order valence-electron chi connectivity index (χ4n) is 4.17. The van der Waals surface area contributed by atoms with Crippen LogP contribution in [0.2, 0.25) is 0 Å². The molecule has 1 aliphatic heterocycles. The number of rotatable bonds is 4. The molecule has 2 aromatic rings. The van der Waals surface area contributed by atoms with Crippen LogP contribution in [0.5, 0.6) is 0 Å². The Labute approximate surface area is 162 Å². The van der Waals surface area contributed by atoms with E-state index in [2.05, 4.69) is 53.2 Å². The zero-order chi connectivity index (χ0) is 18.8. The molecular formula is C23H29N3O. The van der Waals surface area contributed by atoms with Gasteiger partial charge in [-0.25, -0.2) is 0 Å². The van der Waals surface area contributed by atoms with Gasteiger partial charge in [-0.05, 0) is 80.6 Å². The lowest BCUT2D eigenvalue weighted by atomic mass is 10.1. The first-order valence-electron chi connectivity index (χ1n) is 10.1. The molecule has 0 saturated carbocycles. The molecule has 1 amide bonds. The lowest BCUT2D eigenvalue weighted by Gasteiger charge is -2.38. The number of benzene rings is 2. The van der Waals surface area contributed by atoms with Crippen molar-refractivity contribution in [2.45, 2.75) is 39.2 Å². The molecule has 1 N–H and O–H groups in total. The van der Waals surface area contributed by atoms with Crippen molar-refractivity contribution >= 4 is 17.3 Å². The van der Waals surface area contributed by atoms with Gasteiger partial charge < -0.3 is 10.2 Å². The van der Waals surface area contributed by atoms with Crippen LogP contribution in [-0.2, 0) is 12.8 Å². The SMILES string of the molecule is CC(C)N1CCN(c2ccc(C(=O)Nc3ccc4c(c3)CCC4)cc2)CC1. The first-order valence-corrected chi connectivity index (χ1v) is 10.1. The predicted molar refractivity (Wildman–Crippen MR) is 112 cm³/mol. The summed E-state index contributed by atoms with van der Waals surface area (Å²) >= 11 is 0. The number of carbonyl (C=O) groups excluding carboxylic acids is 1. The van der Waals surface area contributed by atoms with Crippen LogP contribution in [0.25, 0.3) is 0 Å². The smallest absolute Gasteiger partial charge is 0.255 e. The molecule has 4 rings (SSSR count). The van der Waals surface area contributed by atoms with Crippen molar-refractivity contribution < 1.29 is 4.79 Å². The van der Waals surface area contributed by atoms with E-state index in [1.54, 1.807) is 0 Å². The van der Waals surface area contributed by atoms with E-state index in [1.807, 2.05) is 18.2 Å². The molecule has 142 valence electrons. The number of aryl methyl sites for hydroxylation is 2. The highest BCUT2D eigenvalue weighted by Gasteiger charge is 2.19. The Balaban J connectivity index is 1.38. The lowest BCUT2D eigenvalue weighted by Crippen LogP contribution is -2.48. The molecule has 1 heterocycles. The second-order valence-electron chi connectivity index (χ2n) is 7.95. The van der Waals surface area contributed by atoms with Gasteiger partial charge in [0, 0.05) is 49.2 Å². The van der Waals surface area contributed by atoms with E-state index in [-0.39, 0.29) is 5.91 Å². The molecule has 4 heteroatoms. The minimum Gasteiger partial charge on any atom is -0.369 e. The molecule has 0 bridgehead atoms. The van der Waals surface area contributed by atoms with E-state index in [1.165, 1.54) is 23.2 Å². The number of carbonyl (C=O) groups is 1. The normalized spacial score (nSPS) is 17.2. The summed E-state index contributed by atoms with van der Waals surface area (Å²) in [4.78, 5) is 17.5. The molecule has 0 atom stereocenters. The van der Waals surface area contributed by atoms with E-state index in [4.69, 9.17) is 0 Å². The van der Waals surface area contributed by atoms with Gasteiger partial charge in [0.25, 0.3) is 5.91 Å². The summed E-state index contributed by atoms with van der Waals surface area (Å²) in [5.41, 5.74) is 5.61. The van der Waals surface area contributed by atoms with Gasteiger partial charge in [0.1, 0.15) is 0 Å². The summed E-state index contributed by atoms with van der Waals surface area (Å²) in [7, 11) is 0. The van der Waals surface area contributed by atoms with Gasteiger partial charge in [-0.3, -0.25) is 9.69 Å². The molecular weight excluding hydrogens is 334 g/mol. The quantitative estimate of drug-likeness (QED) is 0.893. The molecule has 0 unspecified atom stereocenters. The topological polar surface area (TPSA) is 35.6 Å². The first-order chi connectivity index (χ1) is 13.1. The number of hydrogen-bond acceptors (Lipinski definition) is 3. The summed E-state index contributed by atoms with van der Waals surface area (Å²) in [5.74, 6) is -0.0378. The van der Waals surface area contributed by atoms with Gasteiger partial charge in [-0.1, -0.05) is 6.07 Å². The van der Waals surface area contributed by atoms with Crippen LogP contribution in [0.4, 0.5) is 11.4 Å². The Morgan fingerprint density at radius 3 is 2.33 bits per heavy atom. The van der Waals surface area contributed by atoms with Crippen molar-refractivity contribution in [2.24, 2.45) is 0 Å². The molecule has 2 aromatic carbocycles. The number of anilines is 2. The highest BCUT2D eigenvalue weighted by Crippen LogP contribution is 2.25. The average molecular weight is 364 g/mol. The Morgan fingerprint density at radius 1 is 0.926 bits per heavy atom. The second kappa shape index (κ2) is 7.73. The summed E-state index contributed by atoms with van der Waals surface area (Å²) in [5, 5.41) is 3.05. The van der Waals surface area contributed by atoms with Gasteiger partial charge in [0.2, 0.25) is 0 Å². The van der Waals surface area contributed by atoms with Crippen LogP contribution in [0.15, 0.2) is 42.5 Å². The first kappa shape index (κ1) is 18.1. The van der Waals surface area contributed by atoms with Crippen LogP contribution < -0.4 is 10.2 Å². The average Bonchev–Trinajstić information content (AvgIpc) is 3.16. The van der Waals surface area contributed by atoms with E-state index in [9.17, 15) is 4.79 Å². The highest BCUT2D eigenvalue weighted by molar-refractivity contribution is 6.04. The van der Waals surface area contributed by atoms with E-state index in [0.717, 1.165) is 44.7 Å². The summed E-state index contributed by atoms with van der Waals surface area (Å²) in [6.07, 6.45) is 3.51. The third-order valence-corrected chi connectivity index (χ3v) is 5.90. The van der Waals surface area contributed by atoms with Gasteiger partial charge in [0.15, 0.2) is 0 Å². The zero-order valence-corrected chi connectivity index (χ0v) is 16.4. The van der Waals surface area contributed by atoms with Crippen molar-refractivity contribution in [3.63, 3.8) is 0 Å². The fourth-order valence-corrected chi connectivity index (χ4v) is 4.17. The maximum Gasteiger partial charge on any atom is 0.255 e. The fraction of sp³-hybridized carbons (Fsp3) is 0.435. The van der Waals surface area contributed by atoms with Crippen molar-refractivity contribution in [2.75, 3.05) is 36.4 Å². The van der Waals surface area contributed by atoms with Gasteiger partial charge in [-0.2, -0.15) is 0 Å². The lowest BCUT2D eigenvalue weighted by molar-refractivity contribution is 0.102. The standard InChI is InChI=1S/C23H29N3O/c1-17(2)25-12-14-26(15-13-25)22-10-7-19(8-11-22)23(27)24-21-9-6-18-4-3-5-20(18)16-21/h6-11,16-17H,3-5,12-15H2,1-2H3,(H,24,27). The molecule has 1 fully saturated rings. The molecule has 0 spiro atoms. The minimum absolute atomic E-state index is 0.0378. The van der Waals surface area contributed by atoms with E-state index < -0.39 is 0 Å². The van der Waals surface area contributed by atoms with E-state index in [0.29, 0.717) is 11.6 Å². The second-order valence-corrected chi connectivity index (χ2v) is 7.95. The molecule has 1 saturated heterocycles. The number of nitrogens with one attached hydrogen (secondary N) is 1. The van der Waals surface area contributed by atoms with Crippen LogP contribution in [0.1, 0.15) is 41.8 Å². The Hall–Kier alpha value is -2.33. The molecule has 0 aromatic heterocycles. The van der Waals surface area contributed by atoms with Gasteiger partial charge >= 0.3 is 0 Å². The van der Waals surface area contributed by atoms with Crippen molar-refractivity contribution in [3.8, 4) is 0 Å². The maximum atomic E-state index is 12.6. The molecule has 27 heavy (non-hydrogen) atoms. The number of nitrogens with zero attached hydrogens (tertiary/aromatic N) is 2. The van der Waals surface area contributed by atoms with Crippen LogP contribution in [0, 0.1) is 0 Å². The van der Waals surface area contributed by atoms with Crippen molar-refractivity contribution in [1.29, 1.82) is 0 Å². The highest BCUT2D eigenvalue weighted by atomic mass is 16.1. The summed E-state index contributed by atoms with van der Waals surface area (Å²) in [6, 6.07) is 14.9. The molecule has 2 aliphatic rings. The monoisotopic (exact) mass is 363 g/mol. The molecule has 1 aliphatic carbocycles. The largest absolute Gasteiger partial charge is 0.369 e. The Morgan fingerprint density at radius 2 is 1.63 bits per heavy atom. The molecule has 0 radical (unpaired) electrons. The van der Waals surface area contributed by atoms with Crippen LogP contribution in [0.3, 0.4) is 0 Å². The summed E-state index contributed by atoms with van der Waals surface area (Å²) < 4.78 is 0. The third kappa shape index (κ3) is 4.01. The number of piperazine rings is 1. The van der Waals surface area contributed by atoms with Crippen molar-refractivity contribution in [1.82, 2.24) is 4.90 Å². The minimum atomic E-state index is -0.0378. The van der Waals surface area contributed by atoms with E-state index >= 15 is 0 Å². The van der Waals surface area contributed by atoms with Gasteiger partial charge in [-0.15, -0.1) is 0 Å². The maximum absolute atomic E-state index is 12.6. The zero-order valence-electron chi connectivity index (χ0n) is 16.4. The number of amides is 1. The third-order valence-electron chi connectivity index (χ3n) is 5.90. The van der Waals surface area contributed by atoms with Crippen molar-refractivity contribution in [3.05, 3.63) is 59.2 Å². The summed E-state index contributed by atoms with van der Waals surface area (Å²) in [6.45, 7) is 8.78.